The molecular weight excluding hydrogens is 440 g/mol. The van der Waals surface area contributed by atoms with Crippen molar-refractivity contribution in [3.8, 4) is 11.5 Å². The molecule has 0 saturated heterocycles. The lowest BCUT2D eigenvalue weighted by Crippen LogP contribution is -2.20. The molecule has 0 amide bonds. The molecule has 1 heterocycles. The first-order chi connectivity index (χ1) is 15.6. The zero-order valence-corrected chi connectivity index (χ0v) is 19.2. The molecule has 4 rings (SSSR count). The van der Waals surface area contributed by atoms with Crippen molar-refractivity contribution in [2.24, 2.45) is 5.73 Å². The molecule has 0 fully saturated rings. The van der Waals surface area contributed by atoms with Crippen LogP contribution in [0.4, 0.5) is 0 Å². The van der Waals surface area contributed by atoms with Crippen molar-refractivity contribution in [1.82, 2.24) is 4.98 Å². The molecule has 1 aromatic heterocycles. The third-order valence-electron chi connectivity index (χ3n) is 5.56. The Labute approximate surface area is 191 Å². The summed E-state index contributed by atoms with van der Waals surface area (Å²) in [5.41, 5.74) is 9.32. The molecular formula is C25H24N2O5S. The van der Waals surface area contributed by atoms with Gasteiger partial charge < -0.3 is 20.6 Å². The van der Waals surface area contributed by atoms with Gasteiger partial charge in [-0.05, 0) is 67.8 Å². The van der Waals surface area contributed by atoms with Gasteiger partial charge in [-0.25, -0.2) is 8.42 Å². The Morgan fingerprint density at radius 3 is 2.24 bits per heavy atom. The summed E-state index contributed by atoms with van der Waals surface area (Å²) in [4.78, 5) is 14.6. The molecule has 0 bridgehead atoms. The van der Waals surface area contributed by atoms with Crippen molar-refractivity contribution in [1.29, 1.82) is 0 Å². The normalized spacial score (nSPS) is 12.6. The van der Waals surface area contributed by atoms with Crippen molar-refractivity contribution in [2.45, 2.75) is 36.6 Å². The Bertz CT molecular complexity index is 1450. The minimum atomic E-state index is -3.72. The van der Waals surface area contributed by atoms with Crippen LogP contribution in [-0.4, -0.2) is 24.5 Å². The predicted molar refractivity (Wildman–Crippen MR) is 125 cm³/mol. The number of carboxylic acids is 1. The zero-order valence-electron chi connectivity index (χ0n) is 18.4. The molecule has 0 aliphatic rings. The molecule has 8 heteroatoms. The van der Waals surface area contributed by atoms with Crippen molar-refractivity contribution in [3.05, 3.63) is 83.0 Å². The van der Waals surface area contributed by atoms with E-state index in [9.17, 15) is 18.3 Å². The monoisotopic (exact) mass is 464 g/mol. The van der Waals surface area contributed by atoms with Crippen LogP contribution < -0.4 is 10.5 Å². The van der Waals surface area contributed by atoms with E-state index in [0.29, 0.717) is 28.0 Å². The number of carboxylic acid groups (broad SMARTS) is 1. The first kappa shape index (κ1) is 22.6. The van der Waals surface area contributed by atoms with Gasteiger partial charge in [0.2, 0.25) is 9.84 Å². The van der Waals surface area contributed by atoms with E-state index in [1.54, 1.807) is 54.6 Å². The highest BCUT2D eigenvalue weighted by atomic mass is 32.2. The average Bonchev–Trinajstić information content (AvgIpc) is 3.20. The Balaban J connectivity index is 1.73. The quantitative estimate of drug-likeness (QED) is 0.377. The number of hydrogen-bond acceptors (Lipinski definition) is 5. The minimum absolute atomic E-state index is 0.169. The molecule has 3 aromatic carbocycles. The molecule has 7 nitrogen and oxygen atoms in total. The van der Waals surface area contributed by atoms with Crippen LogP contribution >= 0.6 is 0 Å². The molecule has 0 unspecified atom stereocenters. The van der Waals surface area contributed by atoms with Crippen LogP contribution in [0.15, 0.2) is 70.6 Å². The van der Waals surface area contributed by atoms with Gasteiger partial charge in [0.15, 0.2) is 0 Å². The van der Waals surface area contributed by atoms with Crippen LogP contribution in [0.1, 0.15) is 28.3 Å². The molecule has 33 heavy (non-hydrogen) atoms. The number of aryl methyl sites for hydroxylation is 3. The second-order valence-corrected chi connectivity index (χ2v) is 10.00. The van der Waals surface area contributed by atoms with Gasteiger partial charge >= 0.3 is 5.97 Å². The number of rotatable bonds is 6. The number of fused-ring (bicyclic) bond motifs is 1. The molecule has 1 atom stereocenters. The fraction of sp³-hybridized carbons (Fsp3) is 0.160. The standard InChI is InChI=1S/C25H24N2O5S/c1-14-4-7-19(8-5-14)33(30,31)22-13-27-21-9-6-18(12-20(21)22)32-24-15(2)10-17(11-16(24)3)23(26)25(28)29/h4-13,23,27H,26H2,1-3H3,(H,28,29)/t23-/m1/s1. The highest BCUT2D eigenvalue weighted by Crippen LogP contribution is 2.35. The van der Waals surface area contributed by atoms with Crippen LogP contribution in [0.25, 0.3) is 10.9 Å². The van der Waals surface area contributed by atoms with E-state index in [4.69, 9.17) is 10.5 Å². The molecule has 0 spiro atoms. The number of sulfone groups is 1. The average molecular weight is 465 g/mol. The van der Waals surface area contributed by atoms with Gasteiger partial charge in [-0.2, -0.15) is 0 Å². The summed E-state index contributed by atoms with van der Waals surface area (Å²) in [6.07, 6.45) is 1.49. The maximum absolute atomic E-state index is 13.2. The topological polar surface area (TPSA) is 122 Å². The van der Waals surface area contributed by atoms with Gasteiger partial charge in [-0.15, -0.1) is 0 Å². The number of aromatic amines is 1. The summed E-state index contributed by atoms with van der Waals surface area (Å²) < 4.78 is 32.6. The fourth-order valence-corrected chi connectivity index (χ4v) is 5.21. The van der Waals surface area contributed by atoms with Crippen molar-refractivity contribution < 1.29 is 23.1 Å². The maximum atomic E-state index is 13.2. The van der Waals surface area contributed by atoms with E-state index < -0.39 is 21.8 Å². The largest absolute Gasteiger partial charge is 0.480 e. The number of nitrogens with one attached hydrogen (secondary N) is 1. The number of hydrogen-bond donors (Lipinski definition) is 3. The van der Waals surface area contributed by atoms with Crippen molar-refractivity contribution >= 4 is 26.7 Å². The van der Waals surface area contributed by atoms with E-state index >= 15 is 0 Å². The summed E-state index contributed by atoms with van der Waals surface area (Å²) in [5.74, 6) is -0.0826. The van der Waals surface area contributed by atoms with E-state index in [-0.39, 0.29) is 9.79 Å². The Kier molecular flexibility index (Phi) is 5.73. The summed E-state index contributed by atoms with van der Waals surface area (Å²) in [6.45, 7) is 5.52. The number of H-pyrrole nitrogens is 1. The number of aromatic nitrogens is 1. The Hall–Kier alpha value is -3.62. The second kappa shape index (κ2) is 8.38. The van der Waals surface area contributed by atoms with E-state index in [0.717, 1.165) is 16.7 Å². The summed E-state index contributed by atoms with van der Waals surface area (Å²) in [5, 5.41) is 9.70. The molecule has 170 valence electrons. The third kappa shape index (κ3) is 4.22. The van der Waals surface area contributed by atoms with Gasteiger partial charge in [0.05, 0.1) is 9.79 Å². The smallest absolute Gasteiger partial charge is 0.325 e. The number of aliphatic carboxylic acids is 1. The molecule has 0 saturated carbocycles. The van der Waals surface area contributed by atoms with Crippen molar-refractivity contribution in [2.75, 3.05) is 0 Å². The van der Waals surface area contributed by atoms with Crippen LogP contribution in [0.5, 0.6) is 11.5 Å². The first-order valence-electron chi connectivity index (χ1n) is 10.3. The molecule has 0 radical (unpaired) electrons. The summed E-state index contributed by atoms with van der Waals surface area (Å²) >= 11 is 0. The number of ether oxygens (including phenoxy) is 1. The number of nitrogens with two attached hydrogens (primary N) is 1. The summed E-state index contributed by atoms with van der Waals surface area (Å²) in [7, 11) is -3.72. The lowest BCUT2D eigenvalue weighted by molar-refractivity contribution is -0.138. The molecule has 0 aliphatic carbocycles. The highest BCUT2D eigenvalue weighted by Gasteiger charge is 2.22. The van der Waals surface area contributed by atoms with Gasteiger partial charge in [-0.1, -0.05) is 29.8 Å². The molecule has 4 N–H and O–H groups in total. The van der Waals surface area contributed by atoms with Crippen LogP contribution in [0, 0.1) is 20.8 Å². The SMILES string of the molecule is Cc1ccc(S(=O)(=O)c2c[nH]c3ccc(Oc4c(C)cc([C@@H](N)C(=O)O)cc4C)cc23)cc1. The first-order valence-corrected chi connectivity index (χ1v) is 11.8. The summed E-state index contributed by atoms with van der Waals surface area (Å²) in [6, 6.07) is 14.2. The van der Waals surface area contributed by atoms with Crippen LogP contribution in [-0.2, 0) is 14.6 Å². The minimum Gasteiger partial charge on any atom is -0.480 e. The fourth-order valence-electron chi connectivity index (χ4n) is 3.79. The predicted octanol–water partition coefficient (Wildman–Crippen LogP) is 4.80. The lowest BCUT2D eigenvalue weighted by atomic mass is 10.0. The van der Waals surface area contributed by atoms with Gasteiger partial charge in [0, 0.05) is 17.1 Å². The van der Waals surface area contributed by atoms with E-state index in [1.807, 2.05) is 20.8 Å². The Morgan fingerprint density at radius 2 is 1.64 bits per heavy atom. The van der Waals surface area contributed by atoms with Gasteiger partial charge in [0.1, 0.15) is 17.5 Å². The van der Waals surface area contributed by atoms with Gasteiger partial charge in [0.25, 0.3) is 0 Å². The number of carbonyl (C=O) groups is 1. The van der Waals surface area contributed by atoms with E-state index in [1.165, 1.54) is 6.20 Å². The lowest BCUT2D eigenvalue weighted by Gasteiger charge is -2.16. The maximum Gasteiger partial charge on any atom is 0.325 e. The van der Waals surface area contributed by atoms with E-state index in [2.05, 4.69) is 4.98 Å². The van der Waals surface area contributed by atoms with Crippen LogP contribution in [0.2, 0.25) is 0 Å². The third-order valence-corrected chi connectivity index (χ3v) is 7.37. The van der Waals surface area contributed by atoms with Crippen molar-refractivity contribution in [3.63, 3.8) is 0 Å². The second-order valence-electron chi connectivity index (χ2n) is 8.08. The zero-order chi connectivity index (χ0) is 23.9. The highest BCUT2D eigenvalue weighted by molar-refractivity contribution is 7.91. The molecule has 0 aliphatic heterocycles. The van der Waals surface area contributed by atoms with Gasteiger partial charge in [-0.3, -0.25) is 4.79 Å². The van der Waals surface area contributed by atoms with Crippen LogP contribution in [0.3, 0.4) is 0 Å². The number of benzene rings is 3. The molecule has 4 aromatic rings. The Morgan fingerprint density at radius 1 is 1.00 bits per heavy atom.